The summed E-state index contributed by atoms with van der Waals surface area (Å²) in [7, 11) is 1.69. The number of nitrogens with zero attached hydrogens (tertiary/aromatic N) is 1. The number of hydrogen-bond donors (Lipinski definition) is 1. The minimum atomic E-state index is 0.278. The highest BCUT2D eigenvalue weighted by molar-refractivity contribution is 5.77. The second-order valence-electron chi connectivity index (χ2n) is 5.05. The van der Waals surface area contributed by atoms with Crippen LogP contribution in [0.25, 0.3) is 0 Å². The van der Waals surface area contributed by atoms with E-state index in [4.69, 9.17) is 4.74 Å². The highest BCUT2D eigenvalue weighted by atomic mass is 16.5. The summed E-state index contributed by atoms with van der Waals surface area (Å²) < 4.78 is 5.12. The summed E-state index contributed by atoms with van der Waals surface area (Å²) in [6.45, 7) is 6.69. The van der Waals surface area contributed by atoms with Crippen LogP contribution in [-0.2, 0) is 9.53 Å². The Kier molecular flexibility index (Phi) is 7.28. The molecule has 0 aliphatic carbocycles. The molecule has 0 aromatic rings. The Labute approximate surface area is 111 Å². The van der Waals surface area contributed by atoms with Crippen molar-refractivity contribution in [3.63, 3.8) is 0 Å². The zero-order valence-corrected chi connectivity index (χ0v) is 12.1. The Morgan fingerprint density at radius 2 is 2.17 bits per heavy atom. The lowest BCUT2D eigenvalue weighted by Crippen LogP contribution is -2.43. The van der Waals surface area contributed by atoms with Crippen LogP contribution in [0.5, 0.6) is 0 Å². The second-order valence-corrected chi connectivity index (χ2v) is 5.05. The molecular formula is C14H28N2O2. The highest BCUT2D eigenvalue weighted by Gasteiger charge is 2.25. The number of carbonyl (C=O) groups excluding carboxylic acids is 1. The van der Waals surface area contributed by atoms with Crippen molar-refractivity contribution in [2.24, 2.45) is 0 Å². The maximum atomic E-state index is 12.4. The maximum absolute atomic E-state index is 12.4. The molecular weight excluding hydrogens is 228 g/mol. The Bertz CT molecular complexity index is 236. The topological polar surface area (TPSA) is 41.6 Å². The Morgan fingerprint density at radius 1 is 1.44 bits per heavy atom. The van der Waals surface area contributed by atoms with Crippen LogP contribution >= 0.6 is 0 Å². The summed E-state index contributed by atoms with van der Waals surface area (Å²) in [4.78, 5) is 14.4. The molecule has 0 spiro atoms. The Morgan fingerprint density at radius 3 is 2.67 bits per heavy atom. The van der Waals surface area contributed by atoms with Crippen LogP contribution in [0.2, 0.25) is 0 Å². The summed E-state index contributed by atoms with van der Waals surface area (Å²) in [5.74, 6) is 0.278. The first-order chi connectivity index (χ1) is 8.72. The SMILES string of the molecule is CCC(CC)N(CCOC)C(=O)CC1CCCN1. The molecule has 1 rings (SSSR count). The van der Waals surface area contributed by atoms with Crippen molar-refractivity contribution >= 4 is 5.91 Å². The van der Waals surface area contributed by atoms with Gasteiger partial charge in [0.15, 0.2) is 0 Å². The van der Waals surface area contributed by atoms with Gasteiger partial charge < -0.3 is 15.0 Å². The van der Waals surface area contributed by atoms with E-state index in [0.29, 0.717) is 31.7 Å². The summed E-state index contributed by atoms with van der Waals surface area (Å²) in [5.41, 5.74) is 0. The third-order valence-electron chi connectivity index (χ3n) is 3.82. The van der Waals surface area contributed by atoms with E-state index in [1.807, 2.05) is 4.90 Å². The van der Waals surface area contributed by atoms with Gasteiger partial charge >= 0.3 is 0 Å². The van der Waals surface area contributed by atoms with Gasteiger partial charge in [-0.1, -0.05) is 13.8 Å². The number of hydrogen-bond acceptors (Lipinski definition) is 3. The van der Waals surface area contributed by atoms with E-state index < -0.39 is 0 Å². The van der Waals surface area contributed by atoms with Gasteiger partial charge in [-0.15, -0.1) is 0 Å². The van der Waals surface area contributed by atoms with Crippen LogP contribution in [-0.4, -0.2) is 49.7 Å². The zero-order chi connectivity index (χ0) is 13.4. The van der Waals surface area contributed by atoms with Gasteiger partial charge in [0.2, 0.25) is 5.91 Å². The minimum absolute atomic E-state index is 0.278. The molecule has 1 amide bonds. The molecule has 1 fully saturated rings. The minimum Gasteiger partial charge on any atom is -0.383 e. The van der Waals surface area contributed by atoms with Crippen LogP contribution in [0.15, 0.2) is 0 Å². The fraction of sp³-hybridized carbons (Fsp3) is 0.929. The van der Waals surface area contributed by atoms with Crippen molar-refractivity contribution in [2.75, 3.05) is 26.8 Å². The number of nitrogens with one attached hydrogen (secondary N) is 1. The Hall–Kier alpha value is -0.610. The summed E-state index contributed by atoms with van der Waals surface area (Å²) in [6, 6.07) is 0.742. The third kappa shape index (κ3) is 4.58. The molecule has 0 radical (unpaired) electrons. The van der Waals surface area contributed by atoms with Crippen LogP contribution in [0, 0.1) is 0 Å². The fourth-order valence-corrected chi connectivity index (χ4v) is 2.69. The predicted octanol–water partition coefficient (Wildman–Crippen LogP) is 1.79. The first-order valence-electron chi connectivity index (χ1n) is 7.24. The van der Waals surface area contributed by atoms with Crippen molar-refractivity contribution in [2.45, 2.75) is 58.0 Å². The zero-order valence-electron chi connectivity index (χ0n) is 12.1. The molecule has 4 heteroatoms. The molecule has 0 bridgehead atoms. The lowest BCUT2D eigenvalue weighted by atomic mass is 10.1. The molecule has 1 N–H and O–H groups in total. The first-order valence-corrected chi connectivity index (χ1v) is 7.24. The first kappa shape index (κ1) is 15.4. The average Bonchev–Trinajstić information content (AvgIpc) is 2.87. The monoisotopic (exact) mass is 256 g/mol. The molecule has 1 unspecified atom stereocenters. The second kappa shape index (κ2) is 8.48. The predicted molar refractivity (Wildman–Crippen MR) is 73.6 cm³/mol. The number of methoxy groups -OCH3 is 1. The van der Waals surface area contributed by atoms with Crippen molar-refractivity contribution in [1.29, 1.82) is 0 Å². The molecule has 0 aromatic carbocycles. The van der Waals surface area contributed by atoms with Gasteiger partial charge in [-0.3, -0.25) is 4.79 Å². The van der Waals surface area contributed by atoms with Gasteiger partial charge in [-0.05, 0) is 32.2 Å². The van der Waals surface area contributed by atoms with E-state index >= 15 is 0 Å². The highest BCUT2D eigenvalue weighted by Crippen LogP contribution is 2.15. The Balaban J connectivity index is 2.52. The maximum Gasteiger partial charge on any atom is 0.224 e. The largest absolute Gasteiger partial charge is 0.383 e. The van der Waals surface area contributed by atoms with E-state index in [1.165, 1.54) is 6.42 Å². The van der Waals surface area contributed by atoms with Crippen molar-refractivity contribution < 1.29 is 9.53 Å². The molecule has 1 aliphatic rings. The molecule has 0 aromatic heterocycles. The average molecular weight is 256 g/mol. The number of amides is 1. The van der Waals surface area contributed by atoms with Gasteiger partial charge in [-0.2, -0.15) is 0 Å². The molecule has 18 heavy (non-hydrogen) atoms. The standard InChI is InChI=1S/C14H28N2O2/c1-4-13(5-2)16(9-10-18-3)14(17)11-12-7-6-8-15-12/h12-13,15H,4-11H2,1-3H3. The quantitative estimate of drug-likeness (QED) is 0.720. The molecule has 4 nitrogen and oxygen atoms in total. The molecule has 1 atom stereocenters. The lowest BCUT2D eigenvalue weighted by molar-refractivity contribution is -0.135. The van der Waals surface area contributed by atoms with E-state index in [1.54, 1.807) is 7.11 Å². The van der Waals surface area contributed by atoms with E-state index in [0.717, 1.165) is 25.8 Å². The van der Waals surface area contributed by atoms with Crippen LogP contribution in [0.4, 0.5) is 0 Å². The third-order valence-corrected chi connectivity index (χ3v) is 3.82. The van der Waals surface area contributed by atoms with E-state index in [2.05, 4.69) is 19.2 Å². The number of rotatable bonds is 8. The van der Waals surface area contributed by atoms with Crippen LogP contribution < -0.4 is 5.32 Å². The lowest BCUT2D eigenvalue weighted by Gasteiger charge is -2.31. The van der Waals surface area contributed by atoms with Crippen molar-refractivity contribution in [3.8, 4) is 0 Å². The van der Waals surface area contributed by atoms with Crippen molar-refractivity contribution in [3.05, 3.63) is 0 Å². The normalized spacial score (nSPS) is 19.4. The van der Waals surface area contributed by atoms with E-state index in [-0.39, 0.29) is 5.91 Å². The summed E-state index contributed by atoms with van der Waals surface area (Å²) in [5, 5.41) is 3.39. The van der Waals surface area contributed by atoms with Gasteiger partial charge in [-0.25, -0.2) is 0 Å². The molecule has 1 saturated heterocycles. The van der Waals surface area contributed by atoms with Crippen molar-refractivity contribution in [1.82, 2.24) is 10.2 Å². The molecule has 0 saturated carbocycles. The summed E-state index contributed by atoms with van der Waals surface area (Å²) >= 11 is 0. The van der Waals surface area contributed by atoms with E-state index in [9.17, 15) is 4.79 Å². The number of ether oxygens (including phenoxy) is 1. The summed E-state index contributed by atoms with van der Waals surface area (Å²) in [6.07, 6.45) is 5.00. The molecule has 106 valence electrons. The molecule has 1 heterocycles. The van der Waals surface area contributed by atoms with Gasteiger partial charge in [0.25, 0.3) is 0 Å². The fourth-order valence-electron chi connectivity index (χ4n) is 2.69. The smallest absolute Gasteiger partial charge is 0.224 e. The molecule has 1 aliphatic heterocycles. The van der Waals surface area contributed by atoms with Crippen LogP contribution in [0.3, 0.4) is 0 Å². The van der Waals surface area contributed by atoms with Gasteiger partial charge in [0.05, 0.1) is 6.61 Å². The van der Waals surface area contributed by atoms with Crippen LogP contribution in [0.1, 0.15) is 46.0 Å². The van der Waals surface area contributed by atoms with Gasteiger partial charge in [0, 0.05) is 32.2 Å². The van der Waals surface area contributed by atoms with Gasteiger partial charge in [0.1, 0.15) is 0 Å². The number of carbonyl (C=O) groups is 1.